The zero-order chi connectivity index (χ0) is 20.0. The van der Waals surface area contributed by atoms with Gasteiger partial charge in [-0.15, -0.1) is 0 Å². The third-order valence-electron chi connectivity index (χ3n) is 6.01. The van der Waals surface area contributed by atoms with Gasteiger partial charge in [0.2, 0.25) is 5.91 Å². The Balaban J connectivity index is 1.55. The molecule has 1 N–H and O–H groups in total. The van der Waals surface area contributed by atoms with Gasteiger partial charge in [-0.2, -0.15) is 0 Å². The van der Waals surface area contributed by atoms with Crippen molar-refractivity contribution in [2.45, 2.75) is 32.1 Å². The van der Waals surface area contributed by atoms with Crippen LogP contribution in [0.3, 0.4) is 0 Å². The summed E-state index contributed by atoms with van der Waals surface area (Å²) in [5.74, 6) is 1.15. The summed E-state index contributed by atoms with van der Waals surface area (Å²) in [6.45, 7) is 3.89. The zero-order valence-electron chi connectivity index (χ0n) is 16.5. The third kappa shape index (κ3) is 3.40. The highest BCUT2D eigenvalue weighted by molar-refractivity contribution is 5.88. The molecule has 2 fully saturated rings. The van der Waals surface area contributed by atoms with E-state index in [1.807, 2.05) is 35.8 Å². The Hall–Kier alpha value is -2.79. The number of hydrogen-bond donors (Lipinski definition) is 1. The van der Waals surface area contributed by atoms with Gasteiger partial charge in [0.05, 0.1) is 11.4 Å². The van der Waals surface area contributed by atoms with Gasteiger partial charge >= 0.3 is 0 Å². The van der Waals surface area contributed by atoms with Crippen molar-refractivity contribution in [3.63, 3.8) is 0 Å². The minimum absolute atomic E-state index is 0.133. The molecule has 1 aromatic heterocycles. The minimum atomic E-state index is -0.240. The Kier molecular flexibility index (Phi) is 4.55. The maximum absolute atomic E-state index is 13.2. The number of rotatable bonds is 4. The Bertz CT molecular complexity index is 1040. The monoisotopic (exact) mass is 389 g/mol. The molecule has 5 heteroatoms. The molecule has 2 aromatic carbocycles. The number of carbonyl (C=O) groups is 1. The van der Waals surface area contributed by atoms with Crippen LogP contribution in [0.4, 0.5) is 4.39 Å². The molecular weight excluding hydrogens is 365 g/mol. The van der Waals surface area contributed by atoms with E-state index < -0.39 is 0 Å². The van der Waals surface area contributed by atoms with Gasteiger partial charge in [-0.1, -0.05) is 36.4 Å². The van der Waals surface area contributed by atoms with E-state index in [9.17, 15) is 9.18 Å². The molecule has 5 rings (SSSR count). The molecule has 148 valence electrons. The van der Waals surface area contributed by atoms with E-state index in [0.29, 0.717) is 5.92 Å². The number of nitrogens with zero attached hydrogens (tertiary/aromatic N) is 2. The lowest BCUT2D eigenvalue weighted by molar-refractivity contribution is 0.0883. The summed E-state index contributed by atoms with van der Waals surface area (Å²) in [5.41, 5.74) is 4.93. The van der Waals surface area contributed by atoms with Crippen LogP contribution in [0.25, 0.3) is 22.5 Å². The second-order valence-electron chi connectivity index (χ2n) is 8.13. The molecule has 1 atom stereocenters. The van der Waals surface area contributed by atoms with Gasteiger partial charge in [0.15, 0.2) is 0 Å². The van der Waals surface area contributed by atoms with Crippen LogP contribution in [0, 0.1) is 18.7 Å². The Morgan fingerprint density at radius 2 is 1.62 bits per heavy atom. The van der Waals surface area contributed by atoms with Gasteiger partial charge in [-0.05, 0) is 56.0 Å². The van der Waals surface area contributed by atoms with Crippen molar-refractivity contribution < 1.29 is 9.18 Å². The Morgan fingerprint density at radius 3 is 2.21 bits per heavy atom. The zero-order valence-corrected chi connectivity index (χ0v) is 16.5. The van der Waals surface area contributed by atoms with Crippen LogP contribution in [-0.2, 0) is 0 Å². The number of benzene rings is 2. The number of hydrogen-bond acceptors (Lipinski definition) is 3. The molecule has 1 aliphatic heterocycles. The molecule has 1 saturated heterocycles. The maximum Gasteiger partial charge on any atom is 0.235 e. The average Bonchev–Trinajstić information content (AvgIpc) is 3.34. The van der Waals surface area contributed by atoms with Gasteiger partial charge in [0.1, 0.15) is 11.6 Å². The van der Waals surface area contributed by atoms with Crippen LogP contribution in [0.2, 0.25) is 0 Å². The van der Waals surface area contributed by atoms with Crippen LogP contribution >= 0.6 is 0 Å². The number of aryl methyl sites for hydroxylation is 1. The highest BCUT2D eigenvalue weighted by Gasteiger charge is 2.36. The first-order chi connectivity index (χ1) is 14.1. The van der Waals surface area contributed by atoms with E-state index in [-0.39, 0.29) is 17.6 Å². The summed E-state index contributed by atoms with van der Waals surface area (Å²) in [6, 6.07) is 14.5. The van der Waals surface area contributed by atoms with E-state index in [4.69, 9.17) is 4.98 Å². The topological polar surface area (TPSA) is 46.9 Å². The van der Waals surface area contributed by atoms with E-state index in [0.717, 1.165) is 66.3 Å². The van der Waals surface area contributed by atoms with Crippen LogP contribution in [0.5, 0.6) is 0 Å². The molecule has 1 aliphatic carbocycles. The van der Waals surface area contributed by atoms with Crippen molar-refractivity contribution in [1.82, 2.24) is 14.9 Å². The van der Waals surface area contributed by atoms with Crippen LogP contribution in [0.1, 0.15) is 41.4 Å². The van der Waals surface area contributed by atoms with Gasteiger partial charge in [-0.3, -0.25) is 9.36 Å². The van der Waals surface area contributed by atoms with Crippen LogP contribution in [-0.4, -0.2) is 28.5 Å². The van der Waals surface area contributed by atoms with E-state index in [1.54, 1.807) is 12.1 Å². The van der Waals surface area contributed by atoms with Gasteiger partial charge in [0, 0.05) is 23.9 Å². The number of carbonyl (C=O) groups excluding carboxylic acids is 1. The summed E-state index contributed by atoms with van der Waals surface area (Å²) >= 11 is 0. The van der Waals surface area contributed by atoms with E-state index in [2.05, 4.69) is 5.32 Å². The fourth-order valence-electron chi connectivity index (χ4n) is 4.29. The number of nitrogens with one attached hydrogen (secondary N) is 1. The van der Waals surface area contributed by atoms with Crippen molar-refractivity contribution in [3.05, 3.63) is 65.7 Å². The molecule has 2 heterocycles. The molecule has 0 amide bonds. The molecule has 0 bridgehead atoms. The van der Waals surface area contributed by atoms with Crippen molar-refractivity contribution in [2.24, 2.45) is 5.92 Å². The van der Waals surface area contributed by atoms with Crippen LogP contribution < -0.4 is 5.32 Å². The van der Waals surface area contributed by atoms with Crippen molar-refractivity contribution in [1.29, 1.82) is 0 Å². The van der Waals surface area contributed by atoms with Crippen LogP contribution in [0.15, 0.2) is 48.5 Å². The lowest BCUT2D eigenvalue weighted by Gasteiger charge is -2.15. The Morgan fingerprint density at radius 1 is 1.00 bits per heavy atom. The van der Waals surface area contributed by atoms with Gasteiger partial charge < -0.3 is 5.32 Å². The fraction of sp³-hybridized carbons (Fsp3) is 0.333. The molecule has 29 heavy (non-hydrogen) atoms. The first kappa shape index (κ1) is 18.3. The third-order valence-corrected chi connectivity index (χ3v) is 6.01. The molecular formula is C24H24FN3O. The summed E-state index contributed by atoms with van der Waals surface area (Å²) in [7, 11) is 0. The predicted octanol–water partition coefficient (Wildman–Crippen LogP) is 4.79. The lowest BCUT2D eigenvalue weighted by Crippen LogP contribution is -2.20. The van der Waals surface area contributed by atoms with Crippen molar-refractivity contribution in [3.8, 4) is 22.5 Å². The van der Waals surface area contributed by atoms with Crippen molar-refractivity contribution >= 4 is 5.91 Å². The largest absolute Gasteiger partial charge is 0.316 e. The molecule has 4 nitrogen and oxygen atoms in total. The SMILES string of the molecule is Cc1nc(-c2ccc(-c3ccc(F)cc3)cc2)n(C(=O)C2CC2)c1C1CCNC1. The van der Waals surface area contributed by atoms with E-state index >= 15 is 0 Å². The highest BCUT2D eigenvalue weighted by atomic mass is 19.1. The first-order valence-corrected chi connectivity index (χ1v) is 10.3. The molecule has 3 aromatic rings. The molecule has 0 spiro atoms. The normalized spacial score (nSPS) is 18.9. The quantitative estimate of drug-likeness (QED) is 0.698. The molecule has 0 radical (unpaired) electrons. The highest BCUT2D eigenvalue weighted by Crippen LogP contribution is 2.37. The average molecular weight is 389 g/mol. The fourth-order valence-corrected chi connectivity index (χ4v) is 4.29. The number of aromatic nitrogens is 2. The molecule has 2 aliphatic rings. The number of imidazole rings is 1. The maximum atomic E-state index is 13.2. The van der Waals surface area contributed by atoms with E-state index in [1.165, 1.54) is 12.1 Å². The van der Waals surface area contributed by atoms with Gasteiger partial charge in [-0.25, -0.2) is 9.37 Å². The predicted molar refractivity (Wildman–Crippen MR) is 111 cm³/mol. The Labute approximate surface area is 169 Å². The smallest absolute Gasteiger partial charge is 0.235 e. The summed E-state index contributed by atoms with van der Waals surface area (Å²) in [5, 5.41) is 3.41. The second-order valence-corrected chi connectivity index (χ2v) is 8.13. The van der Waals surface area contributed by atoms with Gasteiger partial charge in [0.25, 0.3) is 0 Å². The first-order valence-electron chi connectivity index (χ1n) is 10.3. The molecule has 1 unspecified atom stereocenters. The second kappa shape index (κ2) is 7.23. The molecule has 1 saturated carbocycles. The number of halogens is 1. The summed E-state index contributed by atoms with van der Waals surface area (Å²) in [4.78, 5) is 18.0. The van der Waals surface area contributed by atoms with Crippen molar-refractivity contribution in [2.75, 3.05) is 13.1 Å². The standard InChI is InChI=1S/C24H24FN3O/c1-15-22(20-12-13-26-14-20)28(24(29)19-6-7-19)23(27-15)18-4-2-16(3-5-18)17-8-10-21(25)11-9-17/h2-5,8-11,19-20,26H,6-7,12-14H2,1H3. The summed E-state index contributed by atoms with van der Waals surface area (Å²) in [6.07, 6.45) is 2.98. The lowest BCUT2D eigenvalue weighted by atomic mass is 10.0. The summed E-state index contributed by atoms with van der Waals surface area (Å²) < 4.78 is 15.1. The minimum Gasteiger partial charge on any atom is -0.316 e.